The Morgan fingerprint density at radius 1 is 1.21 bits per heavy atom. The lowest BCUT2D eigenvalue weighted by Gasteiger charge is -2.15. The molecule has 2 fully saturated rings. The van der Waals surface area contributed by atoms with Crippen molar-refractivity contribution in [2.75, 3.05) is 6.61 Å². The third-order valence-corrected chi connectivity index (χ3v) is 3.64. The van der Waals surface area contributed by atoms with Crippen molar-refractivity contribution in [2.24, 2.45) is 5.92 Å². The largest absolute Gasteiger partial charge is 0.376 e. The predicted octanol–water partition coefficient (Wildman–Crippen LogP) is 1.86. The minimum atomic E-state index is 0.581. The van der Waals surface area contributed by atoms with E-state index < -0.39 is 0 Å². The summed E-state index contributed by atoms with van der Waals surface area (Å²) in [7, 11) is 0. The molecule has 3 unspecified atom stereocenters. The van der Waals surface area contributed by atoms with Gasteiger partial charge in [0.15, 0.2) is 0 Å². The Balaban J connectivity index is 1.47. The quantitative estimate of drug-likeness (QED) is 0.691. The Kier molecular flexibility index (Phi) is 2.34. The van der Waals surface area contributed by atoms with Gasteiger partial charge in [-0.15, -0.1) is 0 Å². The van der Waals surface area contributed by atoms with Crippen molar-refractivity contribution in [1.29, 1.82) is 0 Å². The van der Waals surface area contributed by atoms with Gasteiger partial charge in [0.05, 0.1) is 12.7 Å². The standard InChI is InChI=1S/C12H19NO/c1-2-4-10(3-1)13-11-7-12(14-8-11)9-5-6-9/h1,3,9-13H,2,4-8H2. The van der Waals surface area contributed by atoms with Crippen LogP contribution in [0, 0.1) is 5.92 Å². The topological polar surface area (TPSA) is 21.3 Å². The lowest BCUT2D eigenvalue weighted by molar-refractivity contribution is 0.0918. The molecule has 0 spiro atoms. The predicted molar refractivity (Wildman–Crippen MR) is 56.2 cm³/mol. The molecule has 2 heteroatoms. The summed E-state index contributed by atoms with van der Waals surface area (Å²) < 4.78 is 5.81. The lowest BCUT2D eigenvalue weighted by Crippen LogP contribution is -2.36. The maximum atomic E-state index is 5.81. The molecule has 14 heavy (non-hydrogen) atoms. The Bertz CT molecular complexity index is 234. The maximum absolute atomic E-state index is 5.81. The molecule has 0 aromatic carbocycles. The summed E-state index contributed by atoms with van der Waals surface area (Å²) in [6, 6.07) is 1.25. The molecule has 3 aliphatic rings. The third kappa shape index (κ3) is 1.86. The van der Waals surface area contributed by atoms with Crippen molar-refractivity contribution in [2.45, 2.75) is 50.3 Å². The van der Waals surface area contributed by atoms with Crippen molar-refractivity contribution in [3.63, 3.8) is 0 Å². The molecule has 0 bridgehead atoms. The normalized spacial score (nSPS) is 42.1. The van der Waals surface area contributed by atoms with E-state index >= 15 is 0 Å². The first-order valence-electron chi connectivity index (χ1n) is 5.96. The minimum Gasteiger partial charge on any atom is -0.376 e. The molecule has 1 saturated carbocycles. The summed E-state index contributed by atoms with van der Waals surface area (Å²) in [5.41, 5.74) is 0. The average Bonchev–Trinajstić information content (AvgIpc) is 2.75. The van der Waals surface area contributed by atoms with Gasteiger partial charge in [0.2, 0.25) is 0 Å². The highest BCUT2D eigenvalue weighted by molar-refractivity contribution is 5.02. The average molecular weight is 193 g/mol. The van der Waals surface area contributed by atoms with Crippen LogP contribution in [0.15, 0.2) is 12.2 Å². The molecule has 1 aliphatic heterocycles. The second-order valence-electron chi connectivity index (χ2n) is 4.92. The van der Waals surface area contributed by atoms with Gasteiger partial charge in [0.25, 0.3) is 0 Å². The molecule has 0 aromatic heterocycles. The molecule has 2 nitrogen and oxygen atoms in total. The Hall–Kier alpha value is -0.340. The molecule has 0 amide bonds. The van der Waals surface area contributed by atoms with Crippen molar-refractivity contribution >= 4 is 0 Å². The fourth-order valence-corrected chi connectivity index (χ4v) is 2.64. The number of rotatable bonds is 3. The van der Waals surface area contributed by atoms with Crippen LogP contribution in [0.25, 0.3) is 0 Å². The van der Waals surface area contributed by atoms with E-state index in [4.69, 9.17) is 4.74 Å². The molecule has 3 rings (SSSR count). The van der Waals surface area contributed by atoms with E-state index in [2.05, 4.69) is 17.5 Å². The Labute approximate surface area is 85.7 Å². The summed E-state index contributed by atoms with van der Waals surface area (Å²) in [5, 5.41) is 3.68. The summed E-state index contributed by atoms with van der Waals surface area (Å²) in [6.45, 7) is 0.936. The SMILES string of the molecule is C1=CC(NC2COC(C3CC3)C2)CC1. The second-order valence-corrected chi connectivity index (χ2v) is 4.92. The van der Waals surface area contributed by atoms with Gasteiger partial charge in [-0.25, -0.2) is 0 Å². The molecule has 2 aliphatic carbocycles. The van der Waals surface area contributed by atoms with Gasteiger partial charge >= 0.3 is 0 Å². The molecular formula is C12H19NO. The lowest BCUT2D eigenvalue weighted by atomic mass is 10.1. The molecule has 1 heterocycles. The van der Waals surface area contributed by atoms with Gasteiger partial charge in [-0.3, -0.25) is 0 Å². The van der Waals surface area contributed by atoms with Crippen molar-refractivity contribution in [3.05, 3.63) is 12.2 Å². The molecular weight excluding hydrogens is 174 g/mol. The maximum Gasteiger partial charge on any atom is 0.0624 e. The number of allylic oxidation sites excluding steroid dienone is 1. The smallest absolute Gasteiger partial charge is 0.0624 e. The number of hydrogen-bond donors (Lipinski definition) is 1. The first kappa shape index (κ1) is 8.93. The van der Waals surface area contributed by atoms with Crippen LogP contribution in [0.4, 0.5) is 0 Å². The monoisotopic (exact) mass is 193 g/mol. The van der Waals surface area contributed by atoms with Gasteiger partial charge in [0.1, 0.15) is 0 Å². The van der Waals surface area contributed by atoms with Crippen molar-refractivity contribution in [3.8, 4) is 0 Å². The van der Waals surface area contributed by atoms with Crippen molar-refractivity contribution in [1.82, 2.24) is 5.32 Å². The molecule has 0 aromatic rings. The van der Waals surface area contributed by atoms with E-state index in [-0.39, 0.29) is 0 Å². The second kappa shape index (κ2) is 3.67. The van der Waals surface area contributed by atoms with Gasteiger partial charge in [-0.1, -0.05) is 12.2 Å². The fourth-order valence-electron chi connectivity index (χ4n) is 2.64. The molecule has 0 radical (unpaired) electrons. The number of nitrogens with one attached hydrogen (secondary N) is 1. The summed E-state index contributed by atoms with van der Waals surface area (Å²) in [4.78, 5) is 0. The molecule has 3 atom stereocenters. The highest BCUT2D eigenvalue weighted by Gasteiger charge is 2.38. The number of hydrogen-bond acceptors (Lipinski definition) is 2. The zero-order valence-corrected chi connectivity index (χ0v) is 8.61. The summed E-state index contributed by atoms with van der Waals surface area (Å²) >= 11 is 0. The van der Waals surface area contributed by atoms with E-state index in [0.29, 0.717) is 18.2 Å². The zero-order chi connectivity index (χ0) is 9.38. The van der Waals surface area contributed by atoms with Crippen molar-refractivity contribution < 1.29 is 4.74 Å². The van der Waals surface area contributed by atoms with Gasteiger partial charge < -0.3 is 10.1 Å². The van der Waals surface area contributed by atoms with Crippen LogP contribution >= 0.6 is 0 Å². The van der Waals surface area contributed by atoms with E-state index in [0.717, 1.165) is 12.5 Å². The van der Waals surface area contributed by atoms with Crippen LogP contribution < -0.4 is 5.32 Å². The molecule has 1 saturated heterocycles. The first-order valence-corrected chi connectivity index (χ1v) is 5.96. The van der Waals surface area contributed by atoms with Gasteiger partial charge in [-0.05, 0) is 38.0 Å². The van der Waals surface area contributed by atoms with E-state index in [9.17, 15) is 0 Å². The highest BCUT2D eigenvalue weighted by Crippen LogP contribution is 2.38. The third-order valence-electron chi connectivity index (χ3n) is 3.64. The minimum absolute atomic E-state index is 0.581. The highest BCUT2D eigenvalue weighted by atomic mass is 16.5. The van der Waals surface area contributed by atoms with Crippen LogP contribution in [0.1, 0.15) is 32.1 Å². The molecule has 78 valence electrons. The van der Waals surface area contributed by atoms with Crippen LogP contribution in [0.3, 0.4) is 0 Å². The van der Waals surface area contributed by atoms with Crippen LogP contribution in [-0.4, -0.2) is 24.8 Å². The van der Waals surface area contributed by atoms with Crippen LogP contribution in [0.5, 0.6) is 0 Å². The zero-order valence-electron chi connectivity index (χ0n) is 8.61. The van der Waals surface area contributed by atoms with Gasteiger partial charge in [-0.2, -0.15) is 0 Å². The summed E-state index contributed by atoms with van der Waals surface area (Å²) in [6.07, 6.45) is 11.8. The van der Waals surface area contributed by atoms with E-state index in [1.807, 2.05) is 0 Å². The summed E-state index contributed by atoms with van der Waals surface area (Å²) in [5.74, 6) is 0.904. The van der Waals surface area contributed by atoms with Crippen LogP contribution in [-0.2, 0) is 4.74 Å². The van der Waals surface area contributed by atoms with Crippen LogP contribution in [0.2, 0.25) is 0 Å². The Morgan fingerprint density at radius 2 is 2.14 bits per heavy atom. The Morgan fingerprint density at radius 3 is 2.86 bits per heavy atom. The van der Waals surface area contributed by atoms with E-state index in [1.54, 1.807) is 0 Å². The number of ether oxygens (including phenoxy) is 1. The molecule has 1 N–H and O–H groups in total. The van der Waals surface area contributed by atoms with E-state index in [1.165, 1.54) is 32.1 Å². The first-order chi connectivity index (χ1) is 6.92. The van der Waals surface area contributed by atoms with Gasteiger partial charge in [0, 0.05) is 12.1 Å². The fraction of sp³-hybridized carbons (Fsp3) is 0.833.